The molecule has 0 aliphatic heterocycles. The molecule has 0 aliphatic carbocycles. The number of rotatable bonds is 6. The van der Waals surface area contributed by atoms with E-state index in [2.05, 4.69) is 168 Å². The van der Waals surface area contributed by atoms with E-state index in [4.69, 9.17) is 14.4 Å². The van der Waals surface area contributed by atoms with Crippen LogP contribution in [-0.2, 0) is 0 Å². The highest BCUT2D eigenvalue weighted by Crippen LogP contribution is 2.42. The van der Waals surface area contributed by atoms with Gasteiger partial charge in [-0.05, 0) is 112 Å². The fourth-order valence-corrected chi connectivity index (χ4v) is 8.31. The highest BCUT2D eigenvalue weighted by atomic mass is 16.3. The molecule has 262 valence electrons. The largest absolute Gasteiger partial charge is 0.456 e. The Balaban J connectivity index is 1.15. The maximum Gasteiger partial charge on any atom is 0.135 e. The van der Waals surface area contributed by atoms with Crippen molar-refractivity contribution in [3.63, 3.8) is 0 Å². The quantitative estimate of drug-likeness (QED) is 0.172. The van der Waals surface area contributed by atoms with Crippen LogP contribution in [-0.4, -0.2) is 14.5 Å². The normalized spacial score (nSPS) is 11.6. The summed E-state index contributed by atoms with van der Waals surface area (Å²) in [5.41, 5.74) is 16.1. The summed E-state index contributed by atoms with van der Waals surface area (Å²) in [6.07, 6.45) is 3.71. The Hall–Kier alpha value is -7.56. The highest BCUT2D eigenvalue weighted by Gasteiger charge is 2.19. The number of furan rings is 1. The van der Waals surface area contributed by atoms with Crippen molar-refractivity contribution in [1.29, 1.82) is 0 Å². The van der Waals surface area contributed by atoms with E-state index < -0.39 is 0 Å². The molecule has 0 amide bonds. The van der Waals surface area contributed by atoms with Crippen LogP contribution in [0, 0.1) is 0 Å². The average Bonchev–Trinajstić information content (AvgIpc) is 3.81. The van der Waals surface area contributed by atoms with Crippen molar-refractivity contribution in [1.82, 2.24) is 14.5 Å². The summed E-state index contributed by atoms with van der Waals surface area (Å²) in [6.45, 7) is 0. The molecule has 56 heavy (non-hydrogen) atoms. The summed E-state index contributed by atoms with van der Waals surface area (Å²) < 4.78 is 8.79. The Morgan fingerprint density at radius 3 is 1.39 bits per heavy atom. The first kappa shape index (κ1) is 31.9. The van der Waals surface area contributed by atoms with Gasteiger partial charge in [0.1, 0.15) is 11.2 Å². The Morgan fingerprint density at radius 2 is 0.821 bits per heavy atom. The second-order valence-electron chi connectivity index (χ2n) is 14.2. The fourth-order valence-electron chi connectivity index (χ4n) is 8.31. The smallest absolute Gasteiger partial charge is 0.135 e. The molecule has 0 atom stereocenters. The van der Waals surface area contributed by atoms with Gasteiger partial charge in [0.15, 0.2) is 0 Å². The van der Waals surface area contributed by atoms with Crippen LogP contribution in [0.15, 0.2) is 205 Å². The number of nitrogens with zero attached hydrogens (tertiary/aromatic N) is 3. The van der Waals surface area contributed by atoms with E-state index in [1.807, 2.05) is 36.7 Å². The van der Waals surface area contributed by atoms with Crippen molar-refractivity contribution in [2.45, 2.75) is 0 Å². The van der Waals surface area contributed by atoms with E-state index in [1.165, 1.54) is 21.9 Å². The number of pyridine rings is 2. The number of hydrogen-bond acceptors (Lipinski definition) is 3. The summed E-state index contributed by atoms with van der Waals surface area (Å²) in [6, 6.07) is 66.6. The van der Waals surface area contributed by atoms with Gasteiger partial charge in [-0.1, -0.05) is 109 Å². The van der Waals surface area contributed by atoms with Crippen LogP contribution in [0.25, 0.3) is 105 Å². The van der Waals surface area contributed by atoms with Crippen molar-refractivity contribution >= 4 is 43.7 Å². The molecular weight excluding hydrogens is 683 g/mol. The topological polar surface area (TPSA) is 43.9 Å². The SMILES string of the molecule is c1ccc(-c2ccc3oc4ccc(-n5c6ccc(-c7ccccc7-c7ccccn7)cc6c6cc(-c7ccccc7-c7ccccn7)ccc65)cc4c3c2)cc1. The first-order valence-corrected chi connectivity index (χ1v) is 18.9. The second-order valence-corrected chi connectivity index (χ2v) is 14.2. The van der Waals surface area contributed by atoms with Gasteiger partial charge in [0.2, 0.25) is 0 Å². The Bertz CT molecular complexity index is 3100. The minimum Gasteiger partial charge on any atom is -0.456 e. The average molecular weight is 716 g/mol. The molecule has 0 bridgehead atoms. The van der Waals surface area contributed by atoms with Gasteiger partial charge >= 0.3 is 0 Å². The summed E-state index contributed by atoms with van der Waals surface area (Å²) in [7, 11) is 0. The lowest BCUT2D eigenvalue weighted by molar-refractivity contribution is 0.669. The van der Waals surface area contributed by atoms with Gasteiger partial charge < -0.3 is 8.98 Å². The van der Waals surface area contributed by atoms with E-state index in [0.29, 0.717) is 0 Å². The van der Waals surface area contributed by atoms with Crippen molar-refractivity contribution in [3.8, 4) is 61.6 Å². The molecule has 0 aliphatic rings. The summed E-state index contributed by atoms with van der Waals surface area (Å²) in [5.74, 6) is 0. The Kier molecular flexibility index (Phi) is 7.46. The molecule has 0 saturated carbocycles. The third kappa shape index (κ3) is 5.31. The molecular formula is C52H33N3O. The van der Waals surface area contributed by atoms with Gasteiger partial charge in [-0.3, -0.25) is 9.97 Å². The van der Waals surface area contributed by atoms with Gasteiger partial charge in [-0.25, -0.2) is 0 Å². The Morgan fingerprint density at radius 1 is 0.339 bits per heavy atom. The van der Waals surface area contributed by atoms with E-state index in [-0.39, 0.29) is 0 Å². The van der Waals surface area contributed by atoms with Crippen LogP contribution in [0.5, 0.6) is 0 Å². The highest BCUT2D eigenvalue weighted by molar-refractivity contribution is 6.13. The van der Waals surface area contributed by atoms with E-state index in [1.54, 1.807) is 0 Å². The zero-order chi connectivity index (χ0) is 37.0. The van der Waals surface area contributed by atoms with Crippen LogP contribution in [0.3, 0.4) is 0 Å². The summed E-state index contributed by atoms with van der Waals surface area (Å²) in [5, 5.41) is 4.54. The van der Waals surface area contributed by atoms with E-state index >= 15 is 0 Å². The molecule has 0 radical (unpaired) electrons. The van der Waals surface area contributed by atoms with Crippen LogP contribution < -0.4 is 0 Å². The first-order chi connectivity index (χ1) is 27.8. The van der Waals surface area contributed by atoms with Crippen molar-refractivity contribution in [2.75, 3.05) is 0 Å². The zero-order valence-corrected chi connectivity index (χ0v) is 30.3. The second kappa shape index (κ2) is 13.1. The van der Waals surface area contributed by atoms with Crippen LogP contribution in [0.4, 0.5) is 0 Å². The third-order valence-electron chi connectivity index (χ3n) is 10.9. The van der Waals surface area contributed by atoms with Gasteiger partial charge in [-0.2, -0.15) is 0 Å². The molecule has 0 N–H and O–H groups in total. The zero-order valence-electron chi connectivity index (χ0n) is 30.3. The van der Waals surface area contributed by atoms with Gasteiger partial charge in [0.25, 0.3) is 0 Å². The standard InChI is InChI=1S/C52H33N3O/c1-2-12-34(13-3-1)35-22-26-51-45(30-35)46-33-38(23-27-52(46)56-51)55-49-24-20-36(39-14-4-6-16-41(39)47-18-8-10-28-53-47)31-43(49)44-32-37(21-25-50(44)55)40-15-5-7-17-42(40)48-19-9-11-29-54-48/h1-33H. The molecule has 4 heteroatoms. The first-order valence-electron chi connectivity index (χ1n) is 18.9. The molecule has 0 saturated heterocycles. The van der Waals surface area contributed by atoms with Crippen molar-refractivity contribution in [3.05, 3.63) is 200 Å². The molecule has 4 aromatic heterocycles. The third-order valence-corrected chi connectivity index (χ3v) is 10.9. The molecule has 4 nitrogen and oxygen atoms in total. The maximum atomic E-state index is 6.40. The van der Waals surface area contributed by atoms with Gasteiger partial charge in [0.05, 0.1) is 22.4 Å². The summed E-state index contributed by atoms with van der Waals surface area (Å²) >= 11 is 0. The van der Waals surface area contributed by atoms with Crippen LogP contribution in [0.2, 0.25) is 0 Å². The van der Waals surface area contributed by atoms with E-state index in [0.717, 1.165) is 83.4 Å². The predicted molar refractivity (Wildman–Crippen MR) is 231 cm³/mol. The maximum absolute atomic E-state index is 6.40. The molecule has 11 rings (SSSR count). The molecule has 11 aromatic rings. The van der Waals surface area contributed by atoms with Crippen LogP contribution >= 0.6 is 0 Å². The van der Waals surface area contributed by atoms with Gasteiger partial charge in [-0.15, -0.1) is 0 Å². The number of benzene rings is 7. The number of fused-ring (bicyclic) bond motifs is 6. The van der Waals surface area contributed by atoms with Crippen LogP contribution in [0.1, 0.15) is 0 Å². The number of hydrogen-bond donors (Lipinski definition) is 0. The lowest BCUT2D eigenvalue weighted by atomic mass is 9.94. The molecule has 0 fully saturated rings. The van der Waals surface area contributed by atoms with Crippen molar-refractivity contribution < 1.29 is 4.42 Å². The monoisotopic (exact) mass is 715 g/mol. The minimum atomic E-state index is 0.872. The fraction of sp³-hybridized carbons (Fsp3) is 0. The van der Waals surface area contributed by atoms with E-state index in [9.17, 15) is 0 Å². The lowest BCUT2D eigenvalue weighted by Crippen LogP contribution is -1.94. The predicted octanol–water partition coefficient (Wildman–Crippen LogP) is 13.8. The molecule has 7 aromatic carbocycles. The minimum absolute atomic E-state index is 0.872. The van der Waals surface area contributed by atoms with Crippen molar-refractivity contribution in [2.24, 2.45) is 0 Å². The van der Waals surface area contributed by atoms with Gasteiger partial charge in [0, 0.05) is 50.8 Å². The number of aromatic nitrogens is 3. The molecule has 0 unspecified atom stereocenters. The Labute approximate surface area is 323 Å². The molecule has 4 heterocycles. The lowest BCUT2D eigenvalue weighted by Gasteiger charge is -2.11. The molecule has 0 spiro atoms. The summed E-state index contributed by atoms with van der Waals surface area (Å²) in [4.78, 5) is 9.43.